The molecule has 6 N–H and O–H groups in total. The van der Waals surface area contributed by atoms with Crippen molar-refractivity contribution in [3.05, 3.63) is 36.5 Å². The third-order valence-corrected chi connectivity index (χ3v) is 11.3. The summed E-state index contributed by atoms with van der Waals surface area (Å²) in [7, 11) is -5.02. The molecule has 6 unspecified atom stereocenters. The number of allylic oxidation sites excluding steroid dienone is 6. The summed E-state index contributed by atoms with van der Waals surface area (Å²) in [6.07, 6.45) is 27.9. The Kier molecular flexibility index (Phi) is 33.2. The van der Waals surface area contributed by atoms with Gasteiger partial charge in [0.15, 0.2) is 0 Å². The Balaban J connectivity index is 2.41. The molecule has 0 radical (unpaired) electrons. The van der Waals surface area contributed by atoms with Crippen molar-refractivity contribution in [2.75, 3.05) is 19.8 Å². The van der Waals surface area contributed by atoms with Crippen LogP contribution in [0.25, 0.3) is 0 Å². The smallest absolute Gasteiger partial charge is 0.457 e. The molecule has 12 nitrogen and oxygen atoms in total. The highest BCUT2D eigenvalue weighted by Gasteiger charge is 2.51. The van der Waals surface area contributed by atoms with Crippen molar-refractivity contribution in [2.24, 2.45) is 0 Å². The van der Waals surface area contributed by atoms with E-state index in [-0.39, 0.29) is 13.0 Å². The number of aliphatic hydroxyl groups is 5. The van der Waals surface area contributed by atoms with Gasteiger partial charge < -0.3 is 39.9 Å². The minimum absolute atomic E-state index is 0.0863. The summed E-state index contributed by atoms with van der Waals surface area (Å²) in [4.78, 5) is 23.1. The fourth-order valence-electron chi connectivity index (χ4n) is 6.72. The number of unbranched alkanes of at least 4 members (excludes halogenated alkanes) is 19. The number of phosphoric acid groups is 1. The molecule has 0 aromatic carbocycles. The molecule has 0 saturated heterocycles. The van der Waals surface area contributed by atoms with Gasteiger partial charge in [-0.3, -0.25) is 13.8 Å². The normalized spacial score (nSPS) is 23.2. The van der Waals surface area contributed by atoms with E-state index in [1.165, 1.54) is 89.9 Å². The highest BCUT2D eigenvalue weighted by molar-refractivity contribution is 7.47. The van der Waals surface area contributed by atoms with Crippen LogP contribution in [0.4, 0.5) is 0 Å². The Morgan fingerprint density at radius 2 is 1.04 bits per heavy atom. The van der Waals surface area contributed by atoms with Crippen LogP contribution in [0.3, 0.4) is 0 Å². The van der Waals surface area contributed by atoms with Gasteiger partial charge in [-0.2, -0.15) is 0 Å². The molecule has 0 heterocycles. The molecule has 1 aliphatic carbocycles. The monoisotopic (exact) mass is 833 g/mol. The van der Waals surface area contributed by atoms with Gasteiger partial charge in [-0.15, -0.1) is 0 Å². The largest absolute Gasteiger partial charge is 0.472 e. The lowest BCUT2D eigenvalue weighted by Gasteiger charge is -2.41. The fraction of sp³-hybridized carbons (Fsp3) is 0.841. The van der Waals surface area contributed by atoms with Crippen molar-refractivity contribution in [3.8, 4) is 0 Å². The van der Waals surface area contributed by atoms with E-state index < -0.39 is 63.1 Å². The Labute approximate surface area is 344 Å². The Morgan fingerprint density at radius 1 is 0.579 bits per heavy atom. The zero-order valence-electron chi connectivity index (χ0n) is 35.4. The quantitative estimate of drug-likeness (QED) is 0.0151. The molecule has 0 spiro atoms. The van der Waals surface area contributed by atoms with E-state index in [1.807, 2.05) is 0 Å². The first-order valence-electron chi connectivity index (χ1n) is 22.3. The zero-order chi connectivity index (χ0) is 42.0. The number of hydrogen-bond donors (Lipinski definition) is 6. The molecule has 1 aliphatic rings. The lowest BCUT2D eigenvalue weighted by molar-refractivity contribution is -0.220. The second-order valence-electron chi connectivity index (χ2n) is 15.5. The molecule has 0 aromatic heterocycles. The predicted octanol–water partition coefficient (Wildman–Crippen LogP) is 8.70. The number of hydrogen-bond acceptors (Lipinski definition) is 11. The Morgan fingerprint density at radius 3 is 1.56 bits per heavy atom. The van der Waals surface area contributed by atoms with Crippen LogP contribution >= 0.6 is 7.82 Å². The third-order valence-electron chi connectivity index (χ3n) is 10.3. The molecule has 0 aliphatic heterocycles. The van der Waals surface area contributed by atoms with E-state index in [2.05, 4.69) is 50.3 Å². The molecule has 334 valence electrons. The van der Waals surface area contributed by atoms with Gasteiger partial charge in [0.25, 0.3) is 0 Å². The minimum Gasteiger partial charge on any atom is -0.457 e. The number of carbonyl (C=O) groups excluding carboxylic acids is 1. The first kappa shape index (κ1) is 53.6. The SMILES string of the molecule is CC/C=C\C/C=C\C/C=C\CCCCCC(=O)OC(COCCCCCCCCCCCCCCCCCCC)COP(=O)(O)OC1C(O)C(O)C(O)C(O)C1O. The Bertz CT molecular complexity index is 1090. The average Bonchev–Trinajstić information content (AvgIpc) is 3.19. The van der Waals surface area contributed by atoms with Gasteiger partial charge in [-0.1, -0.05) is 159 Å². The standard InChI is InChI=1S/C44H81O12P/c1-3-5-7-9-11-13-15-17-18-19-20-22-24-26-28-30-32-34-53-35-37(36-54-57(51,52)56-44-42(49)40(47)39(46)41(48)43(44)50)55-38(45)33-31-29-27-25-23-21-16-14-12-10-8-6-4-2/h6,8,12,14,21,23,37,39-44,46-50H,3-5,7,9-11,13,15-20,22,24-36H2,1-2H3,(H,51,52)/b8-6-,14-12-,23-21-. The first-order valence-corrected chi connectivity index (χ1v) is 23.8. The predicted molar refractivity (Wildman–Crippen MR) is 226 cm³/mol. The highest BCUT2D eigenvalue weighted by Crippen LogP contribution is 2.47. The lowest BCUT2D eigenvalue weighted by Crippen LogP contribution is -2.64. The van der Waals surface area contributed by atoms with E-state index in [0.29, 0.717) is 13.0 Å². The first-order chi connectivity index (χ1) is 27.5. The van der Waals surface area contributed by atoms with Gasteiger partial charge in [0, 0.05) is 13.0 Å². The number of esters is 1. The zero-order valence-corrected chi connectivity index (χ0v) is 36.3. The molecular formula is C44H81O12P. The Hall–Kier alpha value is -1.44. The highest BCUT2D eigenvalue weighted by atomic mass is 31.2. The van der Waals surface area contributed by atoms with Gasteiger partial charge in [0.2, 0.25) is 0 Å². The van der Waals surface area contributed by atoms with Crippen molar-refractivity contribution >= 4 is 13.8 Å². The number of carbonyl (C=O) groups is 1. The number of rotatable bonds is 37. The van der Waals surface area contributed by atoms with Gasteiger partial charge in [0.1, 0.15) is 42.7 Å². The van der Waals surface area contributed by atoms with E-state index >= 15 is 0 Å². The maximum Gasteiger partial charge on any atom is 0.472 e. The fourth-order valence-corrected chi connectivity index (χ4v) is 7.70. The van der Waals surface area contributed by atoms with Crippen molar-refractivity contribution in [3.63, 3.8) is 0 Å². The van der Waals surface area contributed by atoms with Crippen molar-refractivity contribution < 1.29 is 58.3 Å². The topological polar surface area (TPSA) is 192 Å². The van der Waals surface area contributed by atoms with E-state index in [0.717, 1.165) is 57.8 Å². The van der Waals surface area contributed by atoms with E-state index in [1.54, 1.807) is 0 Å². The van der Waals surface area contributed by atoms with Crippen LogP contribution in [0.15, 0.2) is 36.5 Å². The van der Waals surface area contributed by atoms with Crippen LogP contribution in [-0.4, -0.2) is 98.9 Å². The summed E-state index contributed by atoms with van der Waals surface area (Å²) >= 11 is 0. The molecular weight excluding hydrogens is 751 g/mol. The van der Waals surface area contributed by atoms with Gasteiger partial charge in [0.05, 0.1) is 13.2 Å². The van der Waals surface area contributed by atoms with Crippen LogP contribution in [0, 0.1) is 0 Å². The molecule has 6 atom stereocenters. The van der Waals surface area contributed by atoms with Crippen molar-refractivity contribution in [2.45, 2.75) is 217 Å². The maximum absolute atomic E-state index is 12.8. The minimum atomic E-state index is -5.02. The summed E-state index contributed by atoms with van der Waals surface area (Å²) in [5.74, 6) is -0.505. The summed E-state index contributed by atoms with van der Waals surface area (Å²) < 4.78 is 34.1. The van der Waals surface area contributed by atoms with Gasteiger partial charge >= 0.3 is 13.8 Å². The van der Waals surface area contributed by atoms with Crippen LogP contribution in [0.2, 0.25) is 0 Å². The van der Waals surface area contributed by atoms with E-state index in [4.69, 9.17) is 18.5 Å². The summed E-state index contributed by atoms with van der Waals surface area (Å²) in [6, 6.07) is 0. The maximum atomic E-state index is 12.8. The molecule has 1 rings (SSSR count). The van der Waals surface area contributed by atoms with Crippen LogP contribution in [0.5, 0.6) is 0 Å². The molecule has 0 bridgehead atoms. The number of ether oxygens (including phenoxy) is 2. The second-order valence-corrected chi connectivity index (χ2v) is 16.9. The van der Waals surface area contributed by atoms with Gasteiger partial charge in [-0.25, -0.2) is 4.57 Å². The van der Waals surface area contributed by atoms with E-state index in [9.17, 15) is 39.8 Å². The lowest BCUT2D eigenvalue weighted by atomic mass is 9.85. The molecule has 1 fully saturated rings. The number of aliphatic hydroxyl groups excluding tert-OH is 5. The summed E-state index contributed by atoms with van der Waals surface area (Å²) in [5.41, 5.74) is 0. The molecule has 0 aromatic rings. The summed E-state index contributed by atoms with van der Waals surface area (Å²) in [6.45, 7) is 4.11. The summed E-state index contributed by atoms with van der Waals surface area (Å²) in [5, 5.41) is 50.1. The molecule has 13 heteroatoms. The van der Waals surface area contributed by atoms with Gasteiger partial charge in [-0.05, 0) is 44.9 Å². The van der Waals surface area contributed by atoms with Crippen molar-refractivity contribution in [1.82, 2.24) is 0 Å². The van der Waals surface area contributed by atoms with Crippen molar-refractivity contribution in [1.29, 1.82) is 0 Å². The van der Waals surface area contributed by atoms with Crippen LogP contribution < -0.4 is 0 Å². The average molecular weight is 833 g/mol. The van der Waals surface area contributed by atoms with Crippen LogP contribution in [0.1, 0.15) is 174 Å². The third kappa shape index (κ3) is 27.9. The molecule has 0 amide bonds. The molecule has 57 heavy (non-hydrogen) atoms. The second kappa shape index (κ2) is 35.3. The van der Waals surface area contributed by atoms with Crippen LogP contribution in [-0.2, 0) is 27.9 Å². The molecule has 1 saturated carbocycles. The number of phosphoric ester groups is 1.